The van der Waals surface area contributed by atoms with Gasteiger partial charge in [-0.15, -0.1) is 0 Å². The molecule has 0 saturated carbocycles. The second-order valence-electron chi connectivity index (χ2n) is 17.1. The van der Waals surface area contributed by atoms with Gasteiger partial charge in [-0.25, -0.2) is 23.4 Å². The molecule has 1 unspecified atom stereocenters. The fourth-order valence-electron chi connectivity index (χ4n) is 9.34. The van der Waals surface area contributed by atoms with Gasteiger partial charge in [-0.3, -0.25) is 39.1 Å². The molecule has 3 saturated heterocycles. The molecule has 17 heteroatoms. The average molecular weight is 891 g/mol. The zero-order valence-electron chi connectivity index (χ0n) is 36.5. The number of amides is 5. The molecule has 0 spiro atoms. The van der Waals surface area contributed by atoms with Gasteiger partial charge in [0.25, 0.3) is 11.8 Å². The van der Waals surface area contributed by atoms with E-state index in [0.29, 0.717) is 72.5 Å². The lowest BCUT2D eigenvalue weighted by Gasteiger charge is -2.43. The van der Waals surface area contributed by atoms with Crippen molar-refractivity contribution in [3.63, 3.8) is 0 Å². The highest BCUT2D eigenvalue weighted by Crippen LogP contribution is 2.32. The zero-order chi connectivity index (χ0) is 45.1. The minimum atomic E-state index is -3.47. The molecule has 5 heterocycles. The molecule has 8 rings (SSSR count). The Hall–Kier alpha value is -6.07. The van der Waals surface area contributed by atoms with Gasteiger partial charge < -0.3 is 14.5 Å². The van der Waals surface area contributed by atoms with Crippen LogP contribution in [-0.2, 0) is 43.5 Å². The Balaban J connectivity index is 0.797. The number of piperazine rings is 1. The number of hydrogen-bond donors (Lipinski definition) is 1. The maximum Gasteiger partial charge on any atom is 0.262 e. The van der Waals surface area contributed by atoms with Crippen molar-refractivity contribution in [1.29, 1.82) is 0 Å². The van der Waals surface area contributed by atoms with E-state index in [1.165, 1.54) is 6.33 Å². The molecule has 4 aliphatic heterocycles. The fourth-order valence-corrected chi connectivity index (χ4v) is 10.6. The van der Waals surface area contributed by atoms with Gasteiger partial charge in [-0.1, -0.05) is 36.4 Å². The highest BCUT2D eigenvalue weighted by molar-refractivity contribution is 7.92. The molecule has 4 aliphatic rings. The minimum absolute atomic E-state index is 0.0597. The lowest BCUT2D eigenvalue weighted by atomic mass is 9.98. The topological polar surface area (TPSA) is 192 Å². The van der Waals surface area contributed by atoms with Crippen LogP contribution in [0.1, 0.15) is 101 Å². The van der Waals surface area contributed by atoms with E-state index in [4.69, 9.17) is 9.72 Å². The second-order valence-corrected chi connectivity index (χ2v) is 19.6. The van der Waals surface area contributed by atoms with E-state index in [1.807, 2.05) is 11.0 Å². The maximum atomic E-state index is 13.5. The van der Waals surface area contributed by atoms with Gasteiger partial charge in [-0.05, 0) is 75.3 Å². The van der Waals surface area contributed by atoms with Crippen molar-refractivity contribution in [2.75, 3.05) is 51.3 Å². The van der Waals surface area contributed by atoms with Gasteiger partial charge in [0.2, 0.25) is 17.7 Å². The van der Waals surface area contributed by atoms with Crippen LogP contribution in [0, 0.1) is 0 Å². The van der Waals surface area contributed by atoms with E-state index >= 15 is 0 Å². The second kappa shape index (κ2) is 19.0. The number of hydrogen-bond acceptors (Lipinski definition) is 13. The van der Waals surface area contributed by atoms with E-state index in [1.54, 1.807) is 57.4 Å². The number of imide groups is 2. The summed E-state index contributed by atoms with van der Waals surface area (Å²) in [6, 6.07) is 17.7. The Labute approximate surface area is 373 Å². The van der Waals surface area contributed by atoms with Gasteiger partial charge in [0.1, 0.15) is 29.8 Å². The van der Waals surface area contributed by atoms with Crippen molar-refractivity contribution in [2.45, 2.75) is 93.9 Å². The van der Waals surface area contributed by atoms with Crippen molar-refractivity contribution in [2.24, 2.45) is 0 Å². The number of aromatic nitrogens is 3. The van der Waals surface area contributed by atoms with Crippen LogP contribution < -0.4 is 15.0 Å². The Kier molecular flexibility index (Phi) is 13.2. The van der Waals surface area contributed by atoms with Gasteiger partial charge in [0, 0.05) is 88.3 Å². The maximum absolute atomic E-state index is 13.5. The first-order valence-electron chi connectivity index (χ1n) is 22.1. The fraction of sp³-hybridized carbons (Fsp3) is 0.447. The number of anilines is 1. The lowest BCUT2D eigenvalue weighted by Crippen LogP contribution is -2.54. The number of ether oxygens (including phenoxy) is 1. The number of benzene rings is 3. The van der Waals surface area contributed by atoms with Gasteiger partial charge >= 0.3 is 0 Å². The van der Waals surface area contributed by atoms with Crippen LogP contribution in [0.4, 0.5) is 5.69 Å². The molecule has 1 atom stereocenters. The van der Waals surface area contributed by atoms with Crippen molar-refractivity contribution < 1.29 is 37.1 Å². The lowest BCUT2D eigenvalue weighted by molar-refractivity contribution is -0.136. The number of fused-ring (bicyclic) bond motifs is 1. The van der Waals surface area contributed by atoms with E-state index in [9.17, 15) is 32.4 Å². The molecule has 0 bridgehead atoms. The molecule has 4 aromatic rings. The third-order valence-corrected chi connectivity index (χ3v) is 15.2. The number of nitrogens with one attached hydrogen (secondary N) is 1. The van der Waals surface area contributed by atoms with Crippen molar-refractivity contribution in [3.05, 3.63) is 106 Å². The Morgan fingerprint density at radius 2 is 1.53 bits per heavy atom. The third kappa shape index (κ3) is 9.27. The summed E-state index contributed by atoms with van der Waals surface area (Å²) < 4.78 is 31.9. The molecule has 336 valence electrons. The summed E-state index contributed by atoms with van der Waals surface area (Å²) in [6.45, 7) is 8.05. The van der Waals surface area contributed by atoms with Gasteiger partial charge in [0.05, 0.1) is 28.4 Å². The molecular formula is C47H54N8O8S. The van der Waals surface area contributed by atoms with Crippen LogP contribution in [-0.4, -0.2) is 131 Å². The molecule has 64 heavy (non-hydrogen) atoms. The van der Waals surface area contributed by atoms with Crippen LogP contribution in [0.5, 0.6) is 5.75 Å². The molecule has 0 aliphatic carbocycles. The predicted molar refractivity (Wildman–Crippen MR) is 237 cm³/mol. The van der Waals surface area contributed by atoms with Crippen molar-refractivity contribution >= 4 is 45.1 Å². The summed E-state index contributed by atoms with van der Waals surface area (Å²) in [5.74, 6) is -0.249. The van der Waals surface area contributed by atoms with E-state index < -0.39 is 44.8 Å². The van der Waals surface area contributed by atoms with Gasteiger partial charge in [0.15, 0.2) is 9.84 Å². The van der Waals surface area contributed by atoms with E-state index in [2.05, 4.69) is 43.3 Å². The summed E-state index contributed by atoms with van der Waals surface area (Å²) in [4.78, 5) is 85.7. The van der Waals surface area contributed by atoms with Crippen molar-refractivity contribution in [1.82, 2.24) is 35.0 Å². The summed E-state index contributed by atoms with van der Waals surface area (Å²) >= 11 is 0. The first kappa shape index (κ1) is 44.5. The minimum Gasteiger partial charge on any atom is -0.496 e. The van der Waals surface area contributed by atoms with Crippen LogP contribution >= 0.6 is 0 Å². The molecule has 5 amide bonds. The van der Waals surface area contributed by atoms with E-state index in [-0.39, 0.29) is 36.3 Å². The number of piperidine rings is 2. The molecule has 1 aromatic heterocycles. The van der Waals surface area contributed by atoms with Crippen LogP contribution in [0.15, 0.2) is 71.9 Å². The molecular weight excluding hydrogens is 837 g/mol. The first-order valence-corrected chi connectivity index (χ1v) is 23.6. The number of carbonyl (C=O) groups is 5. The van der Waals surface area contributed by atoms with Crippen LogP contribution in [0.2, 0.25) is 0 Å². The highest BCUT2D eigenvalue weighted by Gasteiger charge is 2.45. The van der Waals surface area contributed by atoms with Crippen molar-refractivity contribution in [3.8, 4) is 5.75 Å². The smallest absolute Gasteiger partial charge is 0.262 e. The third-order valence-electron chi connectivity index (χ3n) is 12.9. The van der Waals surface area contributed by atoms with Crippen LogP contribution in [0.3, 0.4) is 0 Å². The summed E-state index contributed by atoms with van der Waals surface area (Å²) in [6.07, 6.45) is 5.59. The Bertz CT molecular complexity index is 2570. The quantitative estimate of drug-likeness (QED) is 0.180. The largest absolute Gasteiger partial charge is 0.496 e. The zero-order valence-corrected chi connectivity index (χ0v) is 37.3. The summed E-state index contributed by atoms with van der Waals surface area (Å²) in [7, 11) is -1.82. The summed E-state index contributed by atoms with van der Waals surface area (Å²) in [5.41, 5.74) is 3.87. The molecule has 0 radical (unpaired) electrons. The number of carbonyl (C=O) groups excluding carboxylic acids is 5. The molecule has 3 fully saturated rings. The number of nitrogens with zero attached hydrogens (tertiary/aromatic N) is 7. The monoisotopic (exact) mass is 890 g/mol. The first-order chi connectivity index (χ1) is 30.8. The number of rotatable bonds is 14. The van der Waals surface area contributed by atoms with Gasteiger partial charge in [-0.2, -0.15) is 0 Å². The average Bonchev–Trinajstić information content (AvgIpc) is 3.55. The predicted octanol–water partition coefficient (Wildman–Crippen LogP) is 3.78. The van der Waals surface area contributed by atoms with Crippen LogP contribution in [0.25, 0.3) is 0 Å². The standard InChI is InChI=1S/C47H54N8O8S/c1-30(2)64(61,62)39-12-5-4-8-33(39)27-41-49-29-48-40(50-41)26-32-14-15-35(28-38(32)63-3)52-20-18-34(19-21-52)53-22-24-54(25-23-53)43(57)13-7-10-31-9-6-11-36-44(31)47(60)55(46(36)59)37-16-17-42(56)51-45(37)58/h4-6,8-9,11-12,14-15,28-30,34,37H,7,10,13,16-27H2,1-3H3,(H,51,56,58). The number of sulfone groups is 1. The molecule has 1 N–H and O–H groups in total. The number of aryl methyl sites for hydroxylation is 1. The highest BCUT2D eigenvalue weighted by atomic mass is 32.2. The Morgan fingerprint density at radius 1 is 0.828 bits per heavy atom. The SMILES string of the molecule is COc1cc(N2CCC(N3CCN(C(=O)CCCc4cccc5c4C(=O)N(C4CCC(=O)NC4=O)C5=O)CC3)CC2)ccc1Cc1ncnc(Cc2ccccc2S(=O)(=O)C(C)C)n1. The number of methoxy groups -OCH3 is 1. The summed E-state index contributed by atoms with van der Waals surface area (Å²) in [5, 5.41) is 1.68. The van der Waals surface area contributed by atoms with E-state index in [0.717, 1.165) is 60.9 Å². The normalized spacial score (nSPS) is 18.8. The molecule has 16 nitrogen and oxygen atoms in total. The Morgan fingerprint density at radius 3 is 2.23 bits per heavy atom. The molecule has 3 aromatic carbocycles.